The van der Waals surface area contributed by atoms with Crippen LogP contribution in [0.4, 0.5) is 0 Å². The monoisotopic (exact) mass is 243 g/mol. The number of methoxy groups -OCH3 is 1. The summed E-state index contributed by atoms with van der Waals surface area (Å²) in [6.07, 6.45) is 0.554. The number of Topliss-reactive ketones (excluding diaryl/α,β-unsaturated/α-hetero) is 1. The van der Waals surface area contributed by atoms with Crippen LogP contribution in [0.15, 0.2) is 0 Å². The maximum absolute atomic E-state index is 11.6. The summed E-state index contributed by atoms with van der Waals surface area (Å²) in [6, 6.07) is -0.502. The van der Waals surface area contributed by atoms with Crippen LogP contribution in [0.5, 0.6) is 0 Å². The van der Waals surface area contributed by atoms with E-state index in [9.17, 15) is 14.4 Å². The first kappa shape index (κ1) is 15.6. The van der Waals surface area contributed by atoms with Gasteiger partial charge >= 0.3 is 5.97 Å². The molecule has 0 aliphatic heterocycles. The van der Waals surface area contributed by atoms with Gasteiger partial charge in [0.05, 0.1) is 7.11 Å². The van der Waals surface area contributed by atoms with Gasteiger partial charge in [0.25, 0.3) is 0 Å². The molecular weight excluding hydrogens is 222 g/mol. The zero-order valence-electron chi connectivity index (χ0n) is 11.1. The smallest absolute Gasteiger partial charge is 0.318 e. The zero-order chi connectivity index (χ0) is 13.6. The Morgan fingerprint density at radius 1 is 1.18 bits per heavy atom. The van der Waals surface area contributed by atoms with Crippen LogP contribution in [0.3, 0.4) is 0 Å². The molecule has 0 aromatic heterocycles. The van der Waals surface area contributed by atoms with E-state index < -0.39 is 17.9 Å². The summed E-state index contributed by atoms with van der Waals surface area (Å²) in [7, 11) is 1.23. The molecule has 0 spiro atoms. The van der Waals surface area contributed by atoms with Gasteiger partial charge in [-0.1, -0.05) is 13.8 Å². The fourth-order valence-corrected chi connectivity index (χ4v) is 1.79. The molecule has 0 fully saturated rings. The van der Waals surface area contributed by atoms with E-state index >= 15 is 0 Å². The van der Waals surface area contributed by atoms with Gasteiger partial charge in [-0.2, -0.15) is 0 Å². The van der Waals surface area contributed by atoms with Gasteiger partial charge in [0.2, 0.25) is 5.91 Å². The molecule has 0 radical (unpaired) electrons. The van der Waals surface area contributed by atoms with E-state index in [2.05, 4.69) is 10.1 Å². The van der Waals surface area contributed by atoms with Crippen molar-refractivity contribution in [2.75, 3.05) is 7.11 Å². The van der Waals surface area contributed by atoms with Crippen LogP contribution in [-0.4, -0.2) is 30.8 Å². The van der Waals surface area contributed by atoms with Crippen LogP contribution >= 0.6 is 0 Å². The van der Waals surface area contributed by atoms with E-state index in [-0.39, 0.29) is 17.6 Å². The van der Waals surface area contributed by atoms with Crippen LogP contribution in [0.2, 0.25) is 0 Å². The molecule has 0 rings (SSSR count). The summed E-state index contributed by atoms with van der Waals surface area (Å²) in [4.78, 5) is 34.2. The van der Waals surface area contributed by atoms with Gasteiger partial charge in [-0.25, -0.2) is 0 Å². The molecule has 0 aromatic carbocycles. The maximum atomic E-state index is 11.6. The van der Waals surface area contributed by atoms with Crippen molar-refractivity contribution in [3.63, 3.8) is 0 Å². The van der Waals surface area contributed by atoms with Crippen molar-refractivity contribution in [3.8, 4) is 0 Å². The molecule has 1 N–H and O–H groups in total. The number of carbonyl (C=O) groups is 3. The van der Waals surface area contributed by atoms with E-state index in [4.69, 9.17) is 0 Å². The summed E-state index contributed by atoms with van der Waals surface area (Å²) in [5.41, 5.74) is 0. The Labute approximate surface area is 102 Å². The lowest BCUT2D eigenvalue weighted by atomic mass is 9.89. The maximum Gasteiger partial charge on any atom is 0.318 e. The normalized spacial score (nSPS) is 14.0. The van der Waals surface area contributed by atoms with Crippen molar-refractivity contribution in [1.82, 2.24) is 5.32 Å². The largest absolute Gasteiger partial charge is 0.468 e. The highest BCUT2D eigenvalue weighted by Crippen LogP contribution is 2.16. The predicted molar refractivity (Wildman–Crippen MR) is 63.2 cm³/mol. The third-order valence-corrected chi connectivity index (χ3v) is 2.41. The quantitative estimate of drug-likeness (QED) is 0.556. The van der Waals surface area contributed by atoms with Crippen LogP contribution in [-0.2, 0) is 19.1 Å². The third-order valence-electron chi connectivity index (χ3n) is 2.41. The van der Waals surface area contributed by atoms with E-state index in [1.54, 1.807) is 0 Å². The molecule has 5 heteroatoms. The average molecular weight is 243 g/mol. The number of ketones is 1. The van der Waals surface area contributed by atoms with Crippen molar-refractivity contribution in [2.24, 2.45) is 11.8 Å². The fraction of sp³-hybridized carbons (Fsp3) is 0.750. The molecule has 0 unspecified atom stereocenters. The van der Waals surface area contributed by atoms with Crippen LogP contribution in [0.25, 0.3) is 0 Å². The Kier molecular flexibility index (Phi) is 6.46. The van der Waals surface area contributed by atoms with E-state index in [1.807, 2.05) is 13.8 Å². The van der Waals surface area contributed by atoms with Crippen LogP contribution < -0.4 is 5.32 Å². The topological polar surface area (TPSA) is 72.5 Å². The van der Waals surface area contributed by atoms with Gasteiger partial charge in [0, 0.05) is 13.0 Å². The summed E-state index contributed by atoms with van der Waals surface area (Å²) in [6.45, 7) is 6.62. The first-order chi connectivity index (χ1) is 7.79. The second kappa shape index (κ2) is 7.04. The molecule has 0 aliphatic rings. The Morgan fingerprint density at radius 2 is 1.71 bits per heavy atom. The number of rotatable bonds is 6. The Morgan fingerprint density at radius 3 is 2.00 bits per heavy atom. The summed E-state index contributed by atoms with van der Waals surface area (Å²) < 4.78 is 4.61. The number of hydrogen-bond acceptors (Lipinski definition) is 4. The minimum absolute atomic E-state index is 0.259. The molecule has 17 heavy (non-hydrogen) atoms. The third kappa shape index (κ3) is 5.47. The number of esters is 1. The number of amides is 1. The number of hydrogen-bond donors (Lipinski definition) is 1. The average Bonchev–Trinajstić information content (AvgIpc) is 2.14. The van der Waals surface area contributed by atoms with Crippen LogP contribution in [0, 0.1) is 11.8 Å². The molecule has 0 aliphatic carbocycles. The van der Waals surface area contributed by atoms with Gasteiger partial charge in [-0.15, -0.1) is 0 Å². The van der Waals surface area contributed by atoms with Gasteiger partial charge in [-0.05, 0) is 19.3 Å². The predicted octanol–water partition coefficient (Wildman–Crippen LogP) is 0.915. The summed E-state index contributed by atoms with van der Waals surface area (Å²) in [5, 5.41) is 2.65. The number of ether oxygens (including phenoxy) is 1. The van der Waals surface area contributed by atoms with Crippen molar-refractivity contribution in [1.29, 1.82) is 0 Å². The molecule has 5 nitrogen and oxygen atoms in total. The van der Waals surface area contributed by atoms with Crippen LogP contribution in [0.1, 0.15) is 34.1 Å². The summed E-state index contributed by atoms with van der Waals surface area (Å²) in [5.74, 6) is -1.82. The molecule has 0 bridgehead atoms. The van der Waals surface area contributed by atoms with Crippen molar-refractivity contribution in [2.45, 2.75) is 40.2 Å². The first-order valence-corrected chi connectivity index (χ1v) is 5.65. The minimum Gasteiger partial charge on any atom is -0.468 e. The molecule has 0 aromatic rings. The lowest BCUT2D eigenvalue weighted by Gasteiger charge is -2.25. The Hall–Kier alpha value is -1.39. The summed E-state index contributed by atoms with van der Waals surface area (Å²) >= 11 is 0. The first-order valence-electron chi connectivity index (χ1n) is 5.65. The molecule has 98 valence electrons. The Balaban J connectivity index is 4.98. The SMILES string of the molecule is COC(=O)[C@@H](C(C)=O)[C@H](CC(C)C)NC(C)=O. The highest BCUT2D eigenvalue weighted by Gasteiger charge is 2.34. The van der Waals surface area contributed by atoms with Gasteiger partial charge < -0.3 is 10.1 Å². The second-order valence-electron chi connectivity index (χ2n) is 4.55. The molecular formula is C12H21NO4. The van der Waals surface area contributed by atoms with Crippen molar-refractivity contribution < 1.29 is 19.1 Å². The molecule has 0 saturated heterocycles. The zero-order valence-corrected chi connectivity index (χ0v) is 11.1. The van der Waals surface area contributed by atoms with Gasteiger partial charge in [0.15, 0.2) is 0 Å². The Bertz CT molecular complexity index is 299. The van der Waals surface area contributed by atoms with Gasteiger partial charge in [0.1, 0.15) is 11.7 Å². The minimum atomic E-state index is -0.925. The van der Waals surface area contributed by atoms with Crippen molar-refractivity contribution >= 4 is 17.7 Å². The molecule has 2 atom stereocenters. The lowest BCUT2D eigenvalue weighted by molar-refractivity contribution is -0.150. The molecule has 0 heterocycles. The highest BCUT2D eigenvalue weighted by molar-refractivity contribution is 5.99. The number of nitrogens with one attached hydrogen (secondary N) is 1. The number of carbonyl (C=O) groups excluding carboxylic acids is 3. The van der Waals surface area contributed by atoms with Crippen molar-refractivity contribution in [3.05, 3.63) is 0 Å². The van der Waals surface area contributed by atoms with E-state index in [1.165, 1.54) is 21.0 Å². The second-order valence-corrected chi connectivity index (χ2v) is 4.55. The van der Waals surface area contributed by atoms with E-state index in [0.717, 1.165) is 0 Å². The lowest BCUT2D eigenvalue weighted by Crippen LogP contribution is -2.46. The molecule has 0 saturated carbocycles. The fourth-order valence-electron chi connectivity index (χ4n) is 1.79. The standard InChI is InChI=1S/C12H21NO4/c1-7(2)6-10(13-9(4)15)11(8(3)14)12(16)17-5/h7,10-11H,6H2,1-5H3,(H,13,15)/t10-,11-/m0/s1. The van der Waals surface area contributed by atoms with Gasteiger partial charge in [-0.3, -0.25) is 14.4 Å². The molecule has 1 amide bonds. The highest BCUT2D eigenvalue weighted by atomic mass is 16.5. The van der Waals surface area contributed by atoms with E-state index in [0.29, 0.717) is 6.42 Å².